The first-order valence-corrected chi connectivity index (χ1v) is 6.71. The van der Waals surface area contributed by atoms with Crippen LogP contribution < -0.4 is 0 Å². The molecule has 0 heterocycles. The van der Waals surface area contributed by atoms with Gasteiger partial charge in [-0.15, -0.1) is 0 Å². The smallest absolute Gasteiger partial charge is 0.388 e. The van der Waals surface area contributed by atoms with Crippen molar-refractivity contribution in [3.8, 4) is 0 Å². The molecule has 0 bridgehead atoms. The molecule has 0 spiro atoms. The minimum Gasteiger partial charge on any atom is -0.432 e. The Labute approximate surface area is 138 Å². The molecule has 0 aromatic carbocycles. The molecule has 0 rings (SSSR count). The molecule has 9 nitrogen and oxygen atoms in total. The third-order valence-corrected chi connectivity index (χ3v) is 3.22. The number of carbonyl (C=O) groups is 3. The zero-order valence-electron chi connectivity index (χ0n) is 13.1. The highest BCUT2D eigenvalue weighted by atomic mass is 16.8. The predicted octanol–water partition coefficient (Wildman–Crippen LogP) is -0.473. The molecule has 0 aromatic heterocycles. The predicted molar refractivity (Wildman–Crippen MR) is 79.6 cm³/mol. The van der Waals surface area contributed by atoms with E-state index in [0.29, 0.717) is 18.2 Å². The second-order valence-corrected chi connectivity index (χ2v) is 4.49. The van der Waals surface area contributed by atoms with E-state index >= 15 is 0 Å². The Kier molecular flexibility index (Phi) is 8.03. The zero-order chi connectivity index (χ0) is 19.0. The van der Waals surface area contributed by atoms with Gasteiger partial charge in [-0.2, -0.15) is 0 Å². The van der Waals surface area contributed by atoms with E-state index in [4.69, 9.17) is 0 Å². The van der Waals surface area contributed by atoms with E-state index in [1.807, 2.05) is 0 Å². The Morgan fingerprint density at radius 2 is 1.46 bits per heavy atom. The summed E-state index contributed by atoms with van der Waals surface area (Å²) in [7, 11) is 0. The summed E-state index contributed by atoms with van der Waals surface area (Å²) in [6.45, 7) is 9.60. The van der Waals surface area contributed by atoms with E-state index in [2.05, 4.69) is 33.9 Å². The average Bonchev–Trinajstić information content (AvgIpc) is 2.55. The van der Waals surface area contributed by atoms with Gasteiger partial charge < -0.3 is 29.5 Å². The molecule has 0 radical (unpaired) electrons. The number of aliphatic hydroxyl groups is 3. The number of ether oxygens (including phenoxy) is 3. The van der Waals surface area contributed by atoms with E-state index in [1.54, 1.807) is 0 Å². The maximum absolute atomic E-state index is 11.5. The van der Waals surface area contributed by atoms with Crippen molar-refractivity contribution in [3.63, 3.8) is 0 Å². The van der Waals surface area contributed by atoms with Gasteiger partial charge in [0.25, 0.3) is 0 Å². The van der Waals surface area contributed by atoms with Crippen molar-refractivity contribution in [2.45, 2.75) is 25.6 Å². The summed E-state index contributed by atoms with van der Waals surface area (Å²) in [5.74, 6) is -6.75. The van der Waals surface area contributed by atoms with Crippen LogP contribution in [0.2, 0.25) is 0 Å². The van der Waals surface area contributed by atoms with Crippen LogP contribution in [0.15, 0.2) is 38.0 Å². The SMILES string of the molecule is C=CC(=O)OC(O)C(CC)(CO)C(O)(OC(=O)C=C)OC(=O)C=C. The standard InChI is InChI=1S/C15H20O9/c1-5-10(17)22-13(20)14(8-4,9-16)15(21,23-11(18)6-2)24-12(19)7-3/h5-7,13,16,20-21H,1-3,8-9H2,4H3. The van der Waals surface area contributed by atoms with Gasteiger partial charge in [0.05, 0.1) is 6.61 Å². The summed E-state index contributed by atoms with van der Waals surface area (Å²) in [6.07, 6.45) is -0.566. The van der Waals surface area contributed by atoms with Crippen molar-refractivity contribution in [1.82, 2.24) is 0 Å². The lowest BCUT2D eigenvalue weighted by atomic mass is 9.81. The number of rotatable bonds is 10. The van der Waals surface area contributed by atoms with Crippen LogP contribution in [0.5, 0.6) is 0 Å². The monoisotopic (exact) mass is 344 g/mol. The molecule has 0 aliphatic rings. The summed E-state index contributed by atoms with van der Waals surface area (Å²) in [5.41, 5.74) is -2.32. The van der Waals surface area contributed by atoms with Crippen molar-refractivity contribution in [1.29, 1.82) is 0 Å². The second kappa shape index (κ2) is 8.96. The fraction of sp³-hybridized carbons (Fsp3) is 0.400. The second-order valence-electron chi connectivity index (χ2n) is 4.49. The third-order valence-electron chi connectivity index (χ3n) is 3.22. The van der Waals surface area contributed by atoms with Crippen molar-refractivity contribution in [2.24, 2.45) is 5.41 Å². The lowest BCUT2D eigenvalue weighted by Gasteiger charge is -2.43. The Bertz CT molecular complexity index is 497. The molecule has 134 valence electrons. The molecule has 2 unspecified atom stereocenters. The lowest BCUT2D eigenvalue weighted by molar-refractivity contribution is -0.409. The van der Waals surface area contributed by atoms with Crippen LogP contribution in [-0.2, 0) is 28.6 Å². The van der Waals surface area contributed by atoms with Crippen LogP contribution in [0.4, 0.5) is 0 Å². The van der Waals surface area contributed by atoms with Crippen molar-refractivity contribution < 1.29 is 43.9 Å². The number of hydrogen-bond acceptors (Lipinski definition) is 9. The van der Waals surface area contributed by atoms with Crippen molar-refractivity contribution in [3.05, 3.63) is 38.0 Å². The molecule has 2 atom stereocenters. The first-order chi connectivity index (χ1) is 11.2. The van der Waals surface area contributed by atoms with Crippen LogP contribution in [0.1, 0.15) is 13.3 Å². The van der Waals surface area contributed by atoms with Gasteiger partial charge >= 0.3 is 23.9 Å². The van der Waals surface area contributed by atoms with E-state index in [-0.39, 0.29) is 6.42 Å². The fourth-order valence-electron chi connectivity index (χ4n) is 1.69. The summed E-state index contributed by atoms with van der Waals surface area (Å²) in [4.78, 5) is 34.2. The fourth-order valence-corrected chi connectivity index (χ4v) is 1.69. The molecule has 0 fully saturated rings. The Morgan fingerprint density at radius 3 is 1.75 bits per heavy atom. The first kappa shape index (κ1) is 21.5. The van der Waals surface area contributed by atoms with Gasteiger partial charge in [-0.05, 0) is 6.42 Å². The molecule has 0 aromatic rings. The number of esters is 3. The normalized spacial score (nSPS) is 14.5. The van der Waals surface area contributed by atoms with Crippen LogP contribution in [0, 0.1) is 5.41 Å². The quantitative estimate of drug-likeness (QED) is 0.272. The summed E-state index contributed by atoms with van der Waals surface area (Å²) >= 11 is 0. The van der Waals surface area contributed by atoms with Crippen LogP contribution in [-0.4, -0.2) is 52.1 Å². The highest BCUT2D eigenvalue weighted by molar-refractivity contribution is 5.83. The molecule has 0 amide bonds. The molecule has 3 N–H and O–H groups in total. The van der Waals surface area contributed by atoms with Gasteiger partial charge in [0.2, 0.25) is 6.29 Å². The van der Waals surface area contributed by atoms with Gasteiger partial charge in [-0.25, -0.2) is 14.4 Å². The van der Waals surface area contributed by atoms with Gasteiger partial charge in [-0.3, -0.25) is 0 Å². The topological polar surface area (TPSA) is 140 Å². The molecular formula is C15H20O9. The Morgan fingerprint density at radius 1 is 1.04 bits per heavy atom. The van der Waals surface area contributed by atoms with Crippen LogP contribution in [0.3, 0.4) is 0 Å². The Hall–Kier alpha value is -2.49. The lowest BCUT2D eigenvalue weighted by Crippen LogP contribution is -2.62. The number of carbonyl (C=O) groups excluding carboxylic acids is 3. The summed E-state index contributed by atoms with van der Waals surface area (Å²) in [5, 5.41) is 30.4. The summed E-state index contributed by atoms with van der Waals surface area (Å²) in [6, 6.07) is 0. The molecule has 0 saturated carbocycles. The molecule has 0 aliphatic carbocycles. The molecule has 0 saturated heterocycles. The maximum Gasteiger partial charge on any atom is 0.388 e. The van der Waals surface area contributed by atoms with Crippen LogP contribution in [0.25, 0.3) is 0 Å². The van der Waals surface area contributed by atoms with Gasteiger partial charge in [0.1, 0.15) is 0 Å². The largest absolute Gasteiger partial charge is 0.432 e. The molecule has 9 heteroatoms. The Balaban J connectivity index is 6.06. The van der Waals surface area contributed by atoms with Crippen molar-refractivity contribution >= 4 is 17.9 Å². The highest BCUT2D eigenvalue weighted by Crippen LogP contribution is 2.41. The van der Waals surface area contributed by atoms with Crippen LogP contribution >= 0.6 is 0 Å². The van der Waals surface area contributed by atoms with E-state index in [1.165, 1.54) is 6.92 Å². The number of aliphatic hydroxyl groups excluding tert-OH is 2. The van der Waals surface area contributed by atoms with Gasteiger partial charge in [0.15, 0.2) is 5.41 Å². The van der Waals surface area contributed by atoms with Crippen molar-refractivity contribution in [2.75, 3.05) is 6.61 Å². The number of hydrogen-bond donors (Lipinski definition) is 3. The van der Waals surface area contributed by atoms with Gasteiger partial charge in [0, 0.05) is 18.2 Å². The van der Waals surface area contributed by atoms with E-state index in [0.717, 1.165) is 0 Å². The van der Waals surface area contributed by atoms with E-state index in [9.17, 15) is 29.7 Å². The highest BCUT2D eigenvalue weighted by Gasteiger charge is 2.62. The zero-order valence-corrected chi connectivity index (χ0v) is 13.1. The molecule has 24 heavy (non-hydrogen) atoms. The first-order valence-electron chi connectivity index (χ1n) is 6.71. The molecular weight excluding hydrogens is 324 g/mol. The van der Waals surface area contributed by atoms with Gasteiger partial charge in [-0.1, -0.05) is 26.7 Å². The molecule has 0 aliphatic heterocycles. The van der Waals surface area contributed by atoms with E-state index < -0.39 is 42.2 Å². The minimum atomic E-state index is -3.19. The maximum atomic E-state index is 11.5. The average molecular weight is 344 g/mol. The summed E-state index contributed by atoms with van der Waals surface area (Å²) < 4.78 is 13.8. The minimum absolute atomic E-state index is 0.347. The third kappa shape index (κ3) is 4.51.